The zero-order valence-corrected chi connectivity index (χ0v) is 11.8. The van der Waals surface area contributed by atoms with E-state index >= 15 is 0 Å². The van der Waals surface area contributed by atoms with Crippen molar-refractivity contribution >= 4 is 18.1 Å². The number of amides is 1. The molecule has 0 aliphatic heterocycles. The van der Waals surface area contributed by atoms with E-state index in [9.17, 15) is 4.79 Å². The first-order valence-electron chi connectivity index (χ1n) is 5.91. The van der Waals surface area contributed by atoms with Crippen molar-refractivity contribution in [1.29, 1.82) is 0 Å². The summed E-state index contributed by atoms with van der Waals surface area (Å²) in [6, 6.07) is 0. The van der Waals surface area contributed by atoms with Gasteiger partial charge in [0.15, 0.2) is 4.77 Å². The van der Waals surface area contributed by atoms with Crippen LogP contribution in [-0.2, 0) is 16.8 Å². The van der Waals surface area contributed by atoms with Crippen molar-refractivity contribution in [2.75, 3.05) is 6.54 Å². The van der Waals surface area contributed by atoms with Crippen LogP contribution in [-0.4, -0.2) is 22.0 Å². The third-order valence-corrected chi connectivity index (χ3v) is 2.85. The van der Waals surface area contributed by atoms with Crippen molar-refractivity contribution in [3.63, 3.8) is 0 Å². The van der Waals surface area contributed by atoms with Gasteiger partial charge in [0.2, 0.25) is 5.91 Å². The maximum Gasteiger partial charge on any atom is 0.240 e. The highest BCUT2D eigenvalue weighted by Gasteiger charge is 2.20. The highest BCUT2D eigenvalue weighted by atomic mass is 32.1. The van der Waals surface area contributed by atoms with Crippen LogP contribution in [0.5, 0.6) is 0 Å². The largest absolute Gasteiger partial charge is 0.355 e. The highest BCUT2D eigenvalue weighted by Crippen LogP contribution is 2.22. The minimum atomic E-state index is -0.0292. The summed E-state index contributed by atoms with van der Waals surface area (Å²) in [6.45, 7) is 9.33. The summed E-state index contributed by atoms with van der Waals surface area (Å²) < 4.78 is 2.46. The standard InChI is InChI=1S/C12H21N3OS/c1-5-6-13-10(16)8-15-9(12(2,3)4)7-14-11(15)17/h7H,5-6,8H2,1-4H3,(H,13,16)(H,14,17). The Hall–Kier alpha value is -1.10. The fourth-order valence-corrected chi connectivity index (χ4v) is 1.86. The Balaban J connectivity index is 2.87. The smallest absolute Gasteiger partial charge is 0.240 e. The Labute approximate surface area is 107 Å². The fourth-order valence-electron chi connectivity index (χ4n) is 1.64. The van der Waals surface area contributed by atoms with E-state index in [1.807, 2.05) is 17.7 Å². The van der Waals surface area contributed by atoms with Gasteiger partial charge in [-0.1, -0.05) is 27.7 Å². The second-order valence-corrected chi connectivity index (χ2v) is 5.55. The molecule has 0 aromatic carbocycles. The molecular weight excluding hydrogens is 234 g/mol. The van der Waals surface area contributed by atoms with Gasteiger partial charge in [-0.25, -0.2) is 0 Å². The van der Waals surface area contributed by atoms with Gasteiger partial charge in [0.1, 0.15) is 6.54 Å². The summed E-state index contributed by atoms with van der Waals surface area (Å²) in [5, 5.41) is 2.86. The lowest BCUT2D eigenvalue weighted by atomic mass is 9.92. The number of imidazole rings is 1. The van der Waals surface area contributed by atoms with Crippen LogP contribution >= 0.6 is 12.2 Å². The molecule has 0 saturated heterocycles. The van der Waals surface area contributed by atoms with E-state index in [-0.39, 0.29) is 17.9 Å². The van der Waals surface area contributed by atoms with Gasteiger partial charge in [0.05, 0.1) is 0 Å². The lowest BCUT2D eigenvalue weighted by molar-refractivity contribution is -0.121. The fraction of sp³-hybridized carbons (Fsp3) is 0.667. The molecule has 0 radical (unpaired) electrons. The first kappa shape index (κ1) is 14.0. The first-order valence-corrected chi connectivity index (χ1v) is 6.32. The number of aromatic nitrogens is 2. The van der Waals surface area contributed by atoms with Gasteiger partial charge in [0, 0.05) is 23.9 Å². The molecule has 1 rings (SSSR count). The van der Waals surface area contributed by atoms with Crippen LogP contribution in [0, 0.1) is 4.77 Å². The lowest BCUT2D eigenvalue weighted by Gasteiger charge is -2.20. The van der Waals surface area contributed by atoms with Gasteiger partial charge in [-0.15, -0.1) is 0 Å². The molecule has 1 aromatic heterocycles. The quantitative estimate of drug-likeness (QED) is 0.812. The molecule has 1 aromatic rings. The molecule has 0 atom stereocenters. The molecule has 0 fully saturated rings. The molecule has 0 saturated carbocycles. The number of carbonyl (C=O) groups excluding carboxylic acids is 1. The van der Waals surface area contributed by atoms with Crippen LogP contribution in [0.4, 0.5) is 0 Å². The summed E-state index contributed by atoms with van der Waals surface area (Å²) >= 11 is 5.20. The second kappa shape index (κ2) is 5.49. The summed E-state index contributed by atoms with van der Waals surface area (Å²) in [4.78, 5) is 14.7. The van der Waals surface area contributed by atoms with Crippen LogP contribution in [0.15, 0.2) is 6.20 Å². The van der Waals surface area contributed by atoms with Crippen molar-refractivity contribution in [2.45, 2.75) is 46.1 Å². The van der Waals surface area contributed by atoms with E-state index in [1.54, 1.807) is 0 Å². The van der Waals surface area contributed by atoms with Crippen LogP contribution in [0.25, 0.3) is 0 Å². The average molecular weight is 255 g/mol. The highest BCUT2D eigenvalue weighted by molar-refractivity contribution is 7.71. The Kier molecular flexibility index (Phi) is 4.51. The predicted octanol–water partition coefficient (Wildman–Crippen LogP) is 2.37. The molecular formula is C12H21N3OS. The Morgan fingerprint density at radius 1 is 1.53 bits per heavy atom. The van der Waals surface area contributed by atoms with Crippen molar-refractivity contribution in [2.24, 2.45) is 0 Å². The van der Waals surface area contributed by atoms with Crippen molar-refractivity contribution in [1.82, 2.24) is 14.9 Å². The van der Waals surface area contributed by atoms with Gasteiger partial charge in [0.25, 0.3) is 0 Å². The molecule has 0 bridgehead atoms. The first-order chi connectivity index (χ1) is 7.86. The second-order valence-electron chi connectivity index (χ2n) is 5.17. The predicted molar refractivity (Wildman–Crippen MR) is 71.6 cm³/mol. The van der Waals surface area contributed by atoms with Crippen molar-refractivity contribution < 1.29 is 4.79 Å². The molecule has 1 amide bonds. The molecule has 96 valence electrons. The van der Waals surface area contributed by atoms with E-state index in [0.29, 0.717) is 11.3 Å². The summed E-state index contributed by atoms with van der Waals surface area (Å²) in [6.07, 6.45) is 2.83. The van der Waals surface area contributed by atoms with E-state index in [1.165, 1.54) is 0 Å². The average Bonchev–Trinajstić information content (AvgIpc) is 2.57. The maximum atomic E-state index is 11.7. The maximum absolute atomic E-state index is 11.7. The van der Waals surface area contributed by atoms with Crippen LogP contribution in [0.3, 0.4) is 0 Å². The third-order valence-electron chi connectivity index (χ3n) is 2.51. The minimum Gasteiger partial charge on any atom is -0.355 e. The lowest BCUT2D eigenvalue weighted by Crippen LogP contribution is -2.30. The Morgan fingerprint density at radius 3 is 2.71 bits per heavy atom. The summed E-state index contributed by atoms with van der Waals surface area (Å²) in [7, 11) is 0. The van der Waals surface area contributed by atoms with Crippen LogP contribution in [0.2, 0.25) is 0 Å². The number of rotatable bonds is 4. The zero-order chi connectivity index (χ0) is 13.1. The monoisotopic (exact) mass is 255 g/mol. The number of carbonyl (C=O) groups is 1. The molecule has 17 heavy (non-hydrogen) atoms. The molecule has 4 nitrogen and oxygen atoms in total. The van der Waals surface area contributed by atoms with Crippen LogP contribution < -0.4 is 5.32 Å². The van der Waals surface area contributed by atoms with E-state index in [2.05, 4.69) is 31.1 Å². The van der Waals surface area contributed by atoms with E-state index in [4.69, 9.17) is 12.2 Å². The summed E-state index contributed by atoms with van der Waals surface area (Å²) in [5.41, 5.74) is 1.02. The number of nitrogens with one attached hydrogen (secondary N) is 2. The minimum absolute atomic E-state index is 0.00745. The van der Waals surface area contributed by atoms with E-state index < -0.39 is 0 Å². The van der Waals surface area contributed by atoms with Crippen LogP contribution in [0.1, 0.15) is 39.8 Å². The normalized spacial score (nSPS) is 11.5. The molecule has 2 N–H and O–H groups in total. The van der Waals surface area contributed by atoms with E-state index in [0.717, 1.165) is 12.1 Å². The number of hydrogen-bond donors (Lipinski definition) is 2. The summed E-state index contributed by atoms with van der Waals surface area (Å²) in [5.74, 6) is 0.00745. The molecule has 0 spiro atoms. The SMILES string of the molecule is CCCNC(=O)Cn1c(C(C)(C)C)c[nH]c1=S. The van der Waals surface area contributed by atoms with Crippen molar-refractivity contribution in [3.8, 4) is 0 Å². The number of aromatic amines is 1. The third kappa shape index (κ3) is 3.70. The van der Waals surface area contributed by atoms with Gasteiger partial charge in [-0.2, -0.15) is 0 Å². The Morgan fingerprint density at radius 2 is 2.18 bits per heavy atom. The molecule has 0 aliphatic rings. The number of H-pyrrole nitrogens is 1. The van der Waals surface area contributed by atoms with Gasteiger partial charge in [-0.05, 0) is 18.6 Å². The van der Waals surface area contributed by atoms with Crippen molar-refractivity contribution in [3.05, 3.63) is 16.7 Å². The molecule has 0 aliphatic carbocycles. The van der Waals surface area contributed by atoms with Gasteiger partial charge >= 0.3 is 0 Å². The van der Waals surface area contributed by atoms with Gasteiger partial charge < -0.3 is 14.9 Å². The molecule has 1 heterocycles. The zero-order valence-electron chi connectivity index (χ0n) is 11.0. The number of nitrogens with zero attached hydrogens (tertiary/aromatic N) is 1. The topological polar surface area (TPSA) is 49.8 Å². The number of hydrogen-bond acceptors (Lipinski definition) is 2. The molecule has 5 heteroatoms. The molecule has 0 unspecified atom stereocenters. The van der Waals surface area contributed by atoms with Gasteiger partial charge in [-0.3, -0.25) is 4.79 Å². The Bertz CT molecular complexity index is 439.